The molecule has 0 radical (unpaired) electrons. The summed E-state index contributed by atoms with van der Waals surface area (Å²) in [7, 11) is -2.19. The van der Waals surface area contributed by atoms with Gasteiger partial charge in [-0.15, -0.1) is 0 Å². The van der Waals surface area contributed by atoms with Gasteiger partial charge in [0, 0.05) is 23.7 Å². The molecule has 1 N–H and O–H groups in total. The van der Waals surface area contributed by atoms with Crippen molar-refractivity contribution in [1.29, 1.82) is 0 Å². The lowest BCUT2D eigenvalue weighted by Crippen LogP contribution is -2.26. The predicted octanol–water partition coefficient (Wildman–Crippen LogP) is 2.84. The molecule has 3 aromatic rings. The number of rotatable bonds is 8. The van der Waals surface area contributed by atoms with Gasteiger partial charge in [0.05, 0.1) is 24.8 Å². The van der Waals surface area contributed by atoms with Gasteiger partial charge in [-0.3, -0.25) is 4.98 Å². The highest BCUT2D eigenvalue weighted by Gasteiger charge is 2.21. The number of carbonyl (C=O) groups is 1. The van der Waals surface area contributed by atoms with Crippen molar-refractivity contribution in [3.63, 3.8) is 0 Å². The van der Waals surface area contributed by atoms with E-state index < -0.39 is 16.0 Å². The van der Waals surface area contributed by atoms with E-state index in [0.717, 1.165) is 5.56 Å². The molecule has 9 heteroatoms. The zero-order valence-corrected chi connectivity index (χ0v) is 17.2. The fourth-order valence-electron chi connectivity index (χ4n) is 2.88. The van der Waals surface area contributed by atoms with E-state index in [2.05, 4.69) is 9.71 Å². The molecule has 0 saturated carbocycles. The van der Waals surface area contributed by atoms with Crippen molar-refractivity contribution < 1.29 is 27.1 Å². The van der Waals surface area contributed by atoms with Crippen molar-refractivity contribution in [2.45, 2.75) is 25.2 Å². The van der Waals surface area contributed by atoms with Crippen LogP contribution >= 0.6 is 0 Å². The van der Waals surface area contributed by atoms with Crippen molar-refractivity contribution in [1.82, 2.24) is 9.71 Å². The number of nitrogens with zero attached hydrogens (tertiary/aromatic N) is 1. The minimum absolute atomic E-state index is 0.0786. The quantitative estimate of drug-likeness (QED) is 0.561. The second kappa shape index (κ2) is 8.62. The number of methoxy groups -OCH3 is 1. The van der Waals surface area contributed by atoms with Crippen molar-refractivity contribution in [2.24, 2.45) is 0 Å². The van der Waals surface area contributed by atoms with Gasteiger partial charge in [-0.1, -0.05) is 0 Å². The second-order valence-electron chi connectivity index (χ2n) is 6.32. The molecule has 0 unspecified atom stereocenters. The van der Waals surface area contributed by atoms with Crippen molar-refractivity contribution >= 4 is 27.0 Å². The second-order valence-corrected chi connectivity index (χ2v) is 8.08. The van der Waals surface area contributed by atoms with Crippen LogP contribution in [0.2, 0.25) is 0 Å². The van der Waals surface area contributed by atoms with Crippen LogP contribution in [0.3, 0.4) is 0 Å². The highest BCUT2D eigenvalue weighted by atomic mass is 32.2. The average molecular weight is 418 g/mol. The summed E-state index contributed by atoms with van der Waals surface area (Å²) in [6.45, 7) is 3.82. The van der Waals surface area contributed by atoms with Crippen LogP contribution in [-0.4, -0.2) is 39.6 Å². The first kappa shape index (κ1) is 20.8. The Labute approximate surface area is 168 Å². The number of benzene rings is 1. The van der Waals surface area contributed by atoms with Gasteiger partial charge in [-0.25, -0.2) is 17.9 Å². The normalized spacial score (nSPS) is 11.6. The van der Waals surface area contributed by atoms with Crippen LogP contribution < -0.4 is 9.46 Å². The van der Waals surface area contributed by atoms with Gasteiger partial charge in [0.1, 0.15) is 11.3 Å². The molecule has 0 aliphatic rings. The summed E-state index contributed by atoms with van der Waals surface area (Å²) in [6.07, 6.45) is 3.71. The summed E-state index contributed by atoms with van der Waals surface area (Å²) in [5.41, 5.74) is 1.82. The average Bonchev–Trinajstić information content (AvgIpc) is 3.04. The van der Waals surface area contributed by atoms with Gasteiger partial charge in [0.2, 0.25) is 15.8 Å². The molecular weight excluding hydrogens is 396 g/mol. The first-order chi connectivity index (χ1) is 13.9. The van der Waals surface area contributed by atoms with Gasteiger partial charge < -0.3 is 13.9 Å². The van der Waals surface area contributed by atoms with Crippen LogP contribution in [0.5, 0.6) is 5.75 Å². The summed E-state index contributed by atoms with van der Waals surface area (Å²) < 4.78 is 43.5. The van der Waals surface area contributed by atoms with Crippen LogP contribution in [0.25, 0.3) is 11.0 Å². The number of ether oxygens (including phenoxy) is 2. The zero-order chi connectivity index (χ0) is 21.0. The standard InChI is InChI=1S/C20H22N2O6S/c1-4-27-20(23)19-13(2)17-10-16(5-6-18(17)28-19)29(24,25)22-8-7-14-9-15(26-3)12-21-11-14/h5-6,9-12,22H,4,7-8H2,1-3H3. The molecule has 0 aliphatic heterocycles. The monoisotopic (exact) mass is 418 g/mol. The number of aryl methyl sites for hydroxylation is 1. The van der Waals surface area contributed by atoms with Crippen LogP contribution in [-0.2, 0) is 21.2 Å². The molecule has 8 nitrogen and oxygen atoms in total. The molecule has 0 amide bonds. The molecule has 0 atom stereocenters. The summed E-state index contributed by atoms with van der Waals surface area (Å²) in [5, 5.41) is 0.549. The van der Waals surface area contributed by atoms with E-state index in [1.165, 1.54) is 18.2 Å². The number of esters is 1. The highest BCUT2D eigenvalue weighted by Crippen LogP contribution is 2.28. The number of carbonyl (C=O) groups excluding carboxylic acids is 1. The molecule has 2 aromatic heterocycles. The molecule has 0 bridgehead atoms. The van der Waals surface area contributed by atoms with Gasteiger partial charge in [-0.2, -0.15) is 0 Å². The molecule has 29 heavy (non-hydrogen) atoms. The van der Waals surface area contributed by atoms with Crippen LogP contribution in [0.4, 0.5) is 0 Å². The maximum Gasteiger partial charge on any atom is 0.374 e. The number of hydrogen-bond acceptors (Lipinski definition) is 7. The molecule has 2 heterocycles. The number of hydrogen-bond donors (Lipinski definition) is 1. The molecular formula is C20H22N2O6S. The number of aromatic nitrogens is 1. The Hall–Kier alpha value is -2.91. The maximum atomic E-state index is 12.7. The third-order valence-electron chi connectivity index (χ3n) is 4.39. The lowest BCUT2D eigenvalue weighted by atomic mass is 10.1. The van der Waals surface area contributed by atoms with Crippen molar-refractivity contribution in [3.05, 3.63) is 53.5 Å². The number of fused-ring (bicyclic) bond motifs is 1. The van der Waals surface area contributed by atoms with Crippen LogP contribution in [0.1, 0.15) is 28.6 Å². The summed E-state index contributed by atoms with van der Waals surface area (Å²) in [4.78, 5) is 16.1. The first-order valence-corrected chi connectivity index (χ1v) is 10.5. The summed E-state index contributed by atoms with van der Waals surface area (Å²) >= 11 is 0. The number of sulfonamides is 1. The van der Waals surface area contributed by atoms with E-state index in [9.17, 15) is 13.2 Å². The van der Waals surface area contributed by atoms with E-state index in [-0.39, 0.29) is 23.8 Å². The summed E-state index contributed by atoms with van der Waals surface area (Å²) in [6, 6.07) is 6.27. The van der Waals surface area contributed by atoms with E-state index in [1.807, 2.05) is 0 Å². The third-order valence-corrected chi connectivity index (χ3v) is 5.85. The van der Waals surface area contributed by atoms with Gasteiger partial charge >= 0.3 is 5.97 Å². The minimum atomic E-state index is -3.74. The predicted molar refractivity (Wildman–Crippen MR) is 107 cm³/mol. The molecule has 3 rings (SSSR count). The molecule has 0 aliphatic carbocycles. The SMILES string of the molecule is CCOC(=O)c1oc2ccc(S(=O)(=O)NCCc3cncc(OC)c3)cc2c1C. The Balaban J connectivity index is 1.77. The minimum Gasteiger partial charge on any atom is -0.495 e. The Morgan fingerprint density at radius 1 is 1.24 bits per heavy atom. The van der Waals surface area contributed by atoms with E-state index in [1.54, 1.807) is 39.4 Å². The number of furan rings is 1. The Kier molecular flexibility index (Phi) is 6.19. The van der Waals surface area contributed by atoms with Crippen molar-refractivity contribution in [3.8, 4) is 5.75 Å². The molecule has 154 valence electrons. The van der Waals surface area contributed by atoms with Crippen molar-refractivity contribution in [2.75, 3.05) is 20.3 Å². The largest absolute Gasteiger partial charge is 0.495 e. The van der Waals surface area contributed by atoms with E-state index in [0.29, 0.717) is 28.7 Å². The van der Waals surface area contributed by atoms with Gasteiger partial charge in [0.25, 0.3) is 0 Å². The Morgan fingerprint density at radius 2 is 2.03 bits per heavy atom. The Morgan fingerprint density at radius 3 is 2.76 bits per heavy atom. The number of pyridine rings is 1. The fourth-order valence-corrected chi connectivity index (χ4v) is 3.94. The van der Waals surface area contributed by atoms with Gasteiger partial charge in [0.15, 0.2) is 0 Å². The summed E-state index contributed by atoms with van der Waals surface area (Å²) in [5.74, 6) is 0.120. The third kappa shape index (κ3) is 4.57. The maximum absolute atomic E-state index is 12.7. The molecule has 1 aromatic carbocycles. The lowest BCUT2D eigenvalue weighted by molar-refractivity contribution is 0.0491. The number of nitrogens with one attached hydrogen (secondary N) is 1. The smallest absolute Gasteiger partial charge is 0.374 e. The lowest BCUT2D eigenvalue weighted by Gasteiger charge is -2.08. The Bertz CT molecular complexity index is 1140. The highest BCUT2D eigenvalue weighted by molar-refractivity contribution is 7.89. The zero-order valence-electron chi connectivity index (χ0n) is 16.4. The molecule has 0 spiro atoms. The van der Waals surface area contributed by atoms with Crippen LogP contribution in [0, 0.1) is 6.92 Å². The topological polar surface area (TPSA) is 108 Å². The van der Waals surface area contributed by atoms with E-state index >= 15 is 0 Å². The fraction of sp³-hybridized carbons (Fsp3) is 0.300. The first-order valence-electron chi connectivity index (χ1n) is 9.03. The molecule has 0 saturated heterocycles. The van der Waals surface area contributed by atoms with E-state index in [4.69, 9.17) is 13.9 Å². The molecule has 0 fully saturated rings. The van der Waals surface area contributed by atoms with Gasteiger partial charge in [-0.05, 0) is 50.1 Å². The van der Waals surface area contributed by atoms with Crippen LogP contribution in [0.15, 0.2) is 46.0 Å².